The molecule has 0 aliphatic rings. The molecule has 0 amide bonds. The van der Waals surface area contributed by atoms with E-state index in [1.807, 2.05) is 39.0 Å². The molecule has 122 valence electrons. The molecule has 6 heteroatoms. The van der Waals surface area contributed by atoms with Crippen LogP contribution in [0.3, 0.4) is 0 Å². The summed E-state index contributed by atoms with van der Waals surface area (Å²) < 4.78 is 15.1. The fraction of sp³-hybridized carbons (Fsp3) is 0.167. The van der Waals surface area contributed by atoms with Gasteiger partial charge in [0.1, 0.15) is 12.1 Å². The minimum Gasteiger partial charge on any atom is -0.337 e. The second-order valence-corrected chi connectivity index (χ2v) is 5.85. The lowest BCUT2D eigenvalue weighted by molar-refractivity contribution is 0.645. The number of aromatic nitrogens is 3. The van der Waals surface area contributed by atoms with Crippen molar-refractivity contribution in [3.05, 3.63) is 53.6 Å². The number of halogens is 1. The van der Waals surface area contributed by atoms with Crippen molar-refractivity contribution in [2.45, 2.75) is 20.8 Å². The molecule has 0 atom stereocenters. The number of fused-ring (bicyclic) bond motifs is 2. The Morgan fingerprint density at radius 1 is 1.00 bits per heavy atom. The van der Waals surface area contributed by atoms with Crippen LogP contribution in [0.4, 0.5) is 15.9 Å². The first-order valence-electron chi connectivity index (χ1n) is 7.72. The Bertz CT molecular complexity index is 997. The summed E-state index contributed by atoms with van der Waals surface area (Å²) >= 11 is 1.29. The fourth-order valence-corrected chi connectivity index (χ4v) is 3.11. The molecule has 1 N–H and O–H groups in total. The highest BCUT2D eigenvalue weighted by Crippen LogP contribution is 2.30. The molecule has 0 bridgehead atoms. The maximum atomic E-state index is 14.5. The molecule has 4 nitrogen and oxygen atoms in total. The third-order valence-corrected chi connectivity index (χ3v) is 4.32. The number of thiazole rings is 1. The Kier molecular flexibility index (Phi) is 4.66. The minimum atomic E-state index is -0.307. The van der Waals surface area contributed by atoms with E-state index in [-0.39, 0.29) is 5.82 Å². The highest BCUT2D eigenvalue weighted by molar-refractivity contribution is 7.16. The molecule has 24 heavy (non-hydrogen) atoms. The Labute approximate surface area is 143 Å². The molecule has 0 aliphatic carbocycles. The lowest BCUT2D eigenvalue weighted by atomic mass is 10.1. The van der Waals surface area contributed by atoms with Crippen LogP contribution in [-0.4, -0.2) is 15.0 Å². The molecule has 0 saturated carbocycles. The molecule has 0 saturated heterocycles. The number of nitrogens with one attached hydrogen (secondary N) is 1. The molecular formula is C18H17FN4S. The van der Waals surface area contributed by atoms with Gasteiger partial charge in [0, 0.05) is 5.39 Å². The summed E-state index contributed by atoms with van der Waals surface area (Å²) in [6.45, 7) is 6.01. The van der Waals surface area contributed by atoms with Crippen molar-refractivity contribution in [3.8, 4) is 0 Å². The average Bonchev–Trinajstić information content (AvgIpc) is 3.08. The Morgan fingerprint density at radius 2 is 1.83 bits per heavy atom. The van der Waals surface area contributed by atoms with Crippen molar-refractivity contribution in [3.63, 3.8) is 0 Å². The number of hydrogen-bond donors (Lipinski definition) is 1. The number of hydrogen-bond acceptors (Lipinski definition) is 5. The van der Waals surface area contributed by atoms with E-state index in [0.717, 1.165) is 16.5 Å². The van der Waals surface area contributed by atoms with Crippen molar-refractivity contribution in [2.75, 3.05) is 5.32 Å². The summed E-state index contributed by atoms with van der Waals surface area (Å²) in [5, 5.41) is 3.93. The quantitative estimate of drug-likeness (QED) is 0.526. The largest absolute Gasteiger partial charge is 0.337 e. The van der Waals surface area contributed by atoms with Gasteiger partial charge >= 0.3 is 0 Å². The van der Waals surface area contributed by atoms with E-state index in [4.69, 9.17) is 0 Å². The maximum Gasteiger partial charge on any atom is 0.166 e. The van der Waals surface area contributed by atoms with Gasteiger partial charge in [-0.15, -0.1) is 11.3 Å². The number of anilines is 2. The third kappa shape index (κ3) is 2.92. The summed E-state index contributed by atoms with van der Waals surface area (Å²) in [7, 11) is 0. The highest BCUT2D eigenvalue weighted by atomic mass is 32.1. The highest BCUT2D eigenvalue weighted by Gasteiger charge is 2.11. The Hall–Kier alpha value is -2.60. The molecule has 2 aromatic carbocycles. The van der Waals surface area contributed by atoms with Crippen LogP contribution < -0.4 is 5.32 Å². The van der Waals surface area contributed by atoms with Crippen molar-refractivity contribution in [1.29, 1.82) is 0 Å². The van der Waals surface area contributed by atoms with Crippen molar-refractivity contribution < 1.29 is 4.39 Å². The van der Waals surface area contributed by atoms with Crippen LogP contribution in [-0.2, 0) is 0 Å². The summed E-state index contributed by atoms with van der Waals surface area (Å²) in [5.74, 6) is 0.284. The van der Waals surface area contributed by atoms with Gasteiger partial charge in [-0.1, -0.05) is 19.9 Å². The van der Waals surface area contributed by atoms with Gasteiger partial charge < -0.3 is 5.32 Å². The van der Waals surface area contributed by atoms with E-state index in [2.05, 4.69) is 20.3 Å². The Morgan fingerprint density at radius 3 is 2.67 bits per heavy atom. The first-order chi connectivity index (χ1) is 11.7. The molecule has 4 rings (SSSR count). The minimum absolute atomic E-state index is 0.307. The molecule has 2 heterocycles. The number of rotatable bonds is 2. The predicted octanol–water partition coefficient (Wildman–Crippen LogP) is 5.46. The molecule has 0 spiro atoms. The summed E-state index contributed by atoms with van der Waals surface area (Å²) in [4.78, 5) is 12.6. The summed E-state index contributed by atoms with van der Waals surface area (Å²) in [5.41, 5.74) is 4.64. The van der Waals surface area contributed by atoms with E-state index in [1.54, 1.807) is 17.6 Å². The van der Waals surface area contributed by atoms with Gasteiger partial charge in [-0.05, 0) is 36.8 Å². The van der Waals surface area contributed by atoms with Crippen LogP contribution >= 0.6 is 11.3 Å². The number of nitrogens with zero attached hydrogens (tertiary/aromatic N) is 3. The summed E-state index contributed by atoms with van der Waals surface area (Å²) in [6.07, 6.45) is 1.48. The van der Waals surface area contributed by atoms with Crippen molar-refractivity contribution >= 4 is 44.0 Å². The zero-order chi connectivity index (χ0) is 17.1. The zero-order valence-corrected chi connectivity index (χ0v) is 14.5. The second-order valence-electron chi connectivity index (χ2n) is 5.00. The van der Waals surface area contributed by atoms with Crippen LogP contribution in [0.5, 0.6) is 0 Å². The van der Waals surface area contributed by atoms with E-state index < -0.39 is 0 Å². The standard InChI is InChI=1S/C16H11FN4S.C2H6/c1-9-2-3-10-13(6-9)18-7-19-16(10)21-11-4-5-12-15(14(11)17)22-8-20-12;1-2/h2-8H,1H3,(H,18,19,21);1-2H3. The first-order valence-corrected chi connectivity index (χ1v) is 8.60. The van der Waals surface area contributed by atoms with Gasteiger partial charge in [0.25, 0.3) is 0 Å². The van der Waals surface area contributed by atoms with Gasteiger partial charge in [-0.2, -0.15) is 0 Å². The normalized spacial score (nSPS) is 10.5. The lowest BCUT2D eigenvalue weighted by Gasteiger charge is -2.09. The summed E-state index contributed by atoms with van der Waals surface area (Å²) in [6, 6.07) is 9.38. The van der Waals surface area contributed by atoms with Gasteiger partial charge in [0.2, 0.25) is 0 Å². The van der Waals surface area contributed by atoms with Crippen LogP contribution in [0.25, 0.3) is 21.1 Å². The van der Waals surface area contributed by atoms with Crippen LogP contribution in [0.1, 0.15) is 19.4 Å². The Balaban J connectivity index is 0.000000815. The molecule has 4 aromatic rings. The molecule has 0 unspecified atom stereocenters. The van der Waals surface area contributed by atoms with Crippen molar-refractivity contribution in [2.24, 2.45) is 0 Å². The van der Waals surface area contributed by atoms with Crippen LogP contribution in [0, 0.1) is 12.7 Å². The second kappa shape index (κ2) is 6.88. The molecule has 0 fully saturated rings. The smallest absolute Gasteiger partial charge is 0.166 e. The van der Waals surface area contributed by atoms with Gasteiger partial charge in [-0.25, -0.2) is 19.3 Å². The molecule has 2 aromatic heterocycles. The van der Waals surface area contributed by atoms with Gasteiger partial charge in [0.15, 0.2) is 5.82 Å². The zero-order valence-electron chi connectivity index (χ0n) is 13.7. The SMILES string of the molecule is CC.Cc1ccc2c(Nc3ccc4ncsc4c3F)ncnc2c1. The monoisotopic (exact) mass is 340 g/mol. The molecular weight excluding hydrogens is 323 g/mol. The molecule has 0 aliphatic heterocycles. The third-order valence-electron chi connectivity index (χ3n) is 3.48. The number of benzene rings is 2. The van der Waals surface area contributed by atoms with Crippen LogP contribution in [0.15, 0.2) is 42.2 Å². The van der Waals surface area contributed by atoms with E-state index in [9.17, 15) is 4.39 Å². The maximum absolute atomic E-state index is 14.5. The van der Waals surface area contributed by atoms with E-state index in [1.165, 1.54) is 17.7 Å². The van der Waals surface area contributed by atoms with Crippen molar-refractivity contribution in [1.82, 2.24) is 15.0 Å². The van der Waals surface area contributed by atoms with Gasteiger partial charge in [-0.3, -0.25) is 0 Å². The van der Waals surface area contributed by atoms with Crippen LogP contribution in [0.2, 0.25) is 0 Å². The van der Waals surface area contributed by atoms with E-state index >= 15 is 0 Å². The number of aryl methyl sites for hydroxylation is 1. The molecule has 0 radical (unpaired) electrons. The fourth-order valence-electron chi connectivity index (χ4n) is 2.39. The first kappa shape index (κ1) is 16.3. The van der Waals surface area contributed by atoms with Gasteiger partial charge in [0.05, 0.1) is 26.9 Å². The van der Waals surface area contributed by atoms with E-state index in [0.29, 0.717) is 21.7 Å². The topological polar surface area (TPSA) is 50.7 Å². The average molecular weight is 340 g/mol. The predicted molar refractivity (Wildman–Crippen MR) is 98.5 cm³/mol. The lowest BCUT2D eigenvalue weighted by Crippen LogP contribution is -1.98.